The smallest absolute Gasteiger partial charge is 0.262 e. The molecule has 0 aromatic heterocycles. The average Bonchev–Trinajstić information content (AvgIpc) is 2.60. The minimum Gasteiger partial charge on any atom is -0.489 e. The minimum atomic E-state index is -0.262. The van der Waals surface area contributed by atoms with E-state index in [0.29, 0.717) is 36.0 Å². The number of amides is 2. The van der Waals surface area contributed by atoms with Crippen molar-refractivity contribution >= 4 is 23.2 Å². The summed E-state index contributed by atoms with van der Waals surface area (Å²) in [4.78, 5) is 25.4. The fraction of sp³-hybridized carbons (Fsp3) is 0.263. The van der Waals surface area contributed by atoms with Crippen molar-refractivity contribution in [3.05, 3.63) is 48.0 Å². The maximum absolute atomic E-state index is 12.1. The van der Waals surface area contributed by atoms with E-state index in [0.717, 1.165) is 5.56 Å². The number of carbonyl (C=O) groups is 2. The first-order valence-electron chi connectivity index (χ1n) is 8.08. The van der Waals surface area contributed by atoms with Gasteiger partial charge in [-0.25, -0.2) is 0 Å². The van der Waals surface area contributed by atoms with Crippen molar-refractivity contribution < 1.29 is 19.1 Å². The van der Waals surface area contributed by atoms with E-state index >= 15 is 0 Å². The van der Waals surface area contributed by atoms with Crippen LogP contribution in [0.3, 0.4) is 0 Å². The highest BCUT2D eigenvalue weighted by atomic mass is 16.5. The zero-order valence-electron chi connectivity index (χ0n) is 14.2. The molecule has 6 nitrogen and oxygen atoms in total. The summed E-state index contributed by atoms with van der Waals surface area (Å²) in [6.45, 7) is 4.32. The Morgan fingerprint density at radius 3 is 2.80 bits per heavy atom. The van der Waals surface area contributed by atoms with Gasteiger partial charge in [-0.15, -0.1) is 0 Å². The summed E-state index contributed by atoms with van der Waals surface area (Å²) in [7, 11) is 0. The normalized spacial score (nSPS) is 12.8. The van der Waals surface area contributed by atoms with E-state index in [2.05, 4.69) is 5.32 Å². The number of rotatable bonds is 4. The molecule has 0 atom stereocenters. The third kappa shape index (κ3) is 3.91. The zero-order chi connectivity index (χ0) is 17.8. The topological polar surface area (TPSA) is 67.9 Å². The summed E-state index contributed by atoms with van der Waals surface area (Å²) in [5.41, 5.74) is 2.29. The number of nitrogens with zero attached hydrogens (tertiary/aromatic N) is 1. The molecule has 0 spiro atoms. The Kier molecular flexibility index (Phi) is 4.88. The monoisotopic (exact) mass is 340 g/mol. The van der Waals surface area contributed by atoms with Crippen LogP contribution in [0.5, 0.6) is 11.5 Å². The van der Waals surface area contributed by atoms with Crippen molar-refractivity contribution in [2.75, 3.05) is 30.0 Å². The van der Waals surface area contributed by atoms with E-state index in [1.807, 2.05) is 31.2 Å². The Labute approximate surface area is 146 Å². The maximum Gasteiger partial charge on any atom is 0.262 e. The van der Waals surface area contributed by atoms with E-state index in [1.54, 1.807) is 23.1 Å². The SMILES string of the molecule is CC(=O)N1CCOc2cc(NC(=O)COc3ccccc3C)ccc21. The van der Waals surface area contributed by atoms with Gasteiger partial charge in [-0.3, -0.25) is 9.59 Å². The number of hydrogen-bond donors (Lipinski definition) is 1. The molecule has 1 aliphatic heterocycles. The molecule has 130 valence electrons. The fourth-order valence-corrected chi connectivity index (χ4v) is 2.68. The highest BCUT2D eigenvalue weighted by Gasteiger charge is 2.21. The van der Waals surface area contributed by atoms with Crippen LogP contribution in [0.4, 0.5) is 11.4 Å². The lowest BCUT2D eigenvalue weighted by molar-refractivity contribution is -0.118. The van der Waals surface area contributed by atoms with E-state index in [9.17, 15) is 9.59 Å². The molecule has 0 saturated heterocycles. The van der Waals surface area contributed by atoms with Crippen molar-refractivity contribution in [3.8, 4) is 11.5 Å². The van der Waals surface area contributed by atoms with Gasteiger partial charge in [0.05, 0.1) is 12.2 Å². The number of benzene rings is 2. The number of aryl methyl sites for hydroxylation is 1. The van der Waals surface area contributed by atoms with Crippen molar-refractivity contribution in [1.29, 1.82) is 0 Å². The van der Waals surface area contributed by atoms with E-state index in [4.69, 9.17) is 9.47 Å². The molecule has 0 radical (unpaired) electrons. The molecule has 0 saturated carbocycles. The Morgan fingerprint density at radius 1 is 1.24 bits per heavy atom. The molecule has 0 aliphatic carbocycles. The molecule has 1 heterocycles. The number of ether oxygens (including phenoxy) is 2. The lowest BCUT2D eigenvalue weighted by Crippen LogP contribution is -2.36. The third-order valence-corrected chi connectivity index (χ3v) is 3.94. The molecule has 1 N–H and O–H groups in total. The van der Waals surface area contributed by atoms with Crippen molar-refractivity contribution in [2.45, 2.75) is 13.8 Å². The fourth-order valence-electron chi connectivity index (χ4n) is 2.68. The first-order valence-corrected chi connectivity index (χ1v) is 8.08. The number of nitrogens with one attached hydrogen (secondary N) is 1. The van der Waals surface area contributed by atoms with Gasteiger partial charge in [0.2, 0.25) is 5.91 Å². The van der Waals surface area contributed by atoms with Gasteiger partial charge in [0.25, 0.3) is 5.91 Å². The summed E-state index contributed by atoms with van der Waals surface area (Å²) >= 11 is 0. The number of fused-ring (bicyclic) bond motifs is 1. The first-order chi connectivity index (χ1) is 12.0. The van der Waals surface area contributed by atoms with Crippen LogP contribution >= 0.6 is 0 Å². The molecule has 25 heavy (non-hydrogen) atoms. The number of para-hydroxylation sites is 1. The van der Waals surface area contributed by atoms with E-state index in [-0.39, 0.29) is 18.4 Å². The second kappa shape index (κ2) is 7.25. The third-order valence-electron chi connectivity index (χ3n) is 3.94. The van der Waals surface area contributed by atoms with Gasteiger partial charge in [0, 0.05) is 18.7 Å². The second-order valence-corrected chi connectivity index (χ2v) is 5.80. The summed E-state index contributed by atoms with van der Waals surface area (Å²) < 4.78 is 11.1. The van der Waals surface area contributed by atoms with Crippen LogP contribution in [0.15, 0.2) is 42.5 Å². The van der Waals surface area contributed by atoms with Gasteiger partial charge in [0.1, 0.15) is 18.1 Å². The number of hydrogen-bond acceptors (Lipinski definition) is 4. The molecular formula is C19H20N2O4. The van der Waals surface area contributed by atoms with Crippen LogP contribution in [0, 0.1) is 6.92 Å². The minimum absolute atomic E-state index is 0.0343. The summed E-state index contributed by atoms with van der Waals surface area (Å²) in [5, 5.41) is 2.78. The lowest BCUT2D eigenvalue weighted by atomic mass is 10.2. The van der Waals surface area contributed by atoms with Gasteiger partial charge in [-0.1, -0.05) is 18.2 Å². The zero-order valence-corrected chi connectivity index (χ0v) is 14.2. The average molecular weight is 340 g/mol. The molecule has 2 aromatic rings. The number of carbonyl (C=O) groups excluding carboxylic acids is 2. The summed E-state index contributed by atoms with van der Waals surface area (Å²) in [6, 6.07) is 12.8. The van der Waals surface area contributed by atoms with Crippen molar-refractivity contribution in [1.82, 2.24) is 0 Å². The Morgan fingerprint density at radius 2 is 2.04 bits per heavy atom. The van der Waals surface area contributed by atoms with Gasteiger partial charge in [-0.05, 0) is 30.7 Å². The molecule has 2 aromatic carbocycles. The van der Waals surface area contributed by atoms with Crippen LogP contribution in [0.2, 0.25) is 0 Å². The summed E-state index contributed by atoms with van der Waals surface area (Å²) in [6.07, 6.45) is 0. The molecule has 0 unspecified atom stereocenters. The van der Waals surface area contributed by atoms with E-state index < -0.39 is 0 Å². The first kappa shape index (κ1) is 16.8. The molecule has 2 amide bonds. The van der Waals surface area contributed by atoms with Crippen LogP contribution in [-0.2, 0) is 9.59 Å². The largest absolute Gasteiger partial charge is 0.489 e. The van der Waals surface area contributed by atoms with Gasteiger partial charge < -0.3 is 19.7 Å². The standard InChI is InChI=1S/C19H20N2O4/c1-13-5-3-4-6-17(13)25-12-19(23)20-15-7-8-16-18(11-15)24-10-9-21(16)14(2)22/h3-8,11H,9-10,12H2,1-2H3,(H,20,23). The van der Waals surface area contributed by atoms with Crippen LogP contribution in [0.1, 0.15) is 12.5 Å². The van der Waals surface area contributed by atoms with Crippen LogP contribution < -0.4 is 19.7 Å². The summed E-state index contributed by atoms with van der Waals surface area (Å²) in [5.74, 6) is 0.970. The van der Waals surface area contributed by atoms with Gasteiger partial charge in [0.15, 0.2) is 6.61 Å². The predicted molar refractivity (Wildman–Crippen MR) is 95.3 cm³/mol. The Hall–Kier alpha value is -3.02. The lowest BCUT2D eigenvalue weighted by Gasteiger charge is -2.29. The number of anilines is 2. The highest BCUT2D eigenvalue weighted by molar-refractivity contribution is 5.96. The van der Waals surface area contributed by atoms with E-state index in [1.165, 1.54) is 6.92 Å². The molecule has 0 fully saturated rings. The van der Waals surface area contributed by atoms with Crippen molar-refractivity contribution in [3.63, 3.8) is 0 Å². The van der Waals surface area contributed by atoms with Gasteiger partial charge >= 0.3 is 0 Å². The Bertz CT molecular complexity index is 804. The maximum atomic E-state index is 12.1. The second-order valence-electron chi connectivity index (χ2n) is 5.80. The van der Waals surface area contributed by atoms with Crippen LogP contribution in [-0.4, -0.2) is 31.6 Å². The highest BCUT2D eigenvalue weighted by Crippen LogP contribution is 2.34. The van der Waals surface area contributed by atoms with Crippen molar-refractivity contribution in [2.24, 2.45) is 0 Å². The molecule has 6 heteroatoms. The van der Waals surface area contributed by atoms with Gasteiger partial charge in [-0.2, -0.15) is 0 Å². The quantitative estimate of drug-likeness (QED) is 0.929. The molecular weight excluding hydrogens is 320 g/mol. The molecule has 1 aliphatic rings. The van der Waals surface area contributed by atoms with Crippen LogP contribution in [0.25, 0.3) is 0 Å². The predicted octanol–water partition coefficient (Wildman–Crippen LogP) is 2.76. The Balaban J connectivity index is 1.64. The molecule has 3 rings (SSSR count). The molecule has 0 bridgehead atoms.